The van der Waals surface area contributed by atoms with Crippen molar-refractivity contribution in [2.75, 3.05) is 32.2 Å². The molecule has 6 heteroatoms. The highest BCUT2D eigenvalue weighted by Crippen LogP contribution is 2.37. The summed E-state index contributed by atoms with van der Waals surface area (Å²) in [5.74, 6) is 1.15. The Hall–Kier alpha value is -3.02. The number of methoxy groups -OCH3 is 2. The molecule has 0 bridgehead atoms. The van der Waals surface area contributed by atoms with E-state index in [2.05, 4.69) is 0 Å². The predicted molar refractivity (Wildman–Crippen MR) is 110 cm³/mol. The molecule has 2 aromatic carbocycles. The van der Waals surface area contributed by atoms with Crippen LogP contribution in [0.3, 0.4) is 0 Å². The van der Waals surface area contributed by atoms with Gasteiger partial charge in [0.05, 0.1) is 31.9 Å². The number of nitrogens with zero attached hydrogens (tertiary/aromatic N) is 2. The summed E-state index contributed by atoms with van der Waals surface area (Å²) in [6.45, 7) is 1.12. The van der Waals surface area contributed by atoms with Crippen molar-refractivity contribution in [3.63, 3.8) is 0 Å². The Balaban J connectivity index is 1.51. The van der Waals surface area contributed by atoms with Crippen LogP contribution in [0.1, 0.15) is 30.9 Å². The van der Waals surface area contributed by atoms with E-state index >= 15 is 0 Å². The number of benzene rings is 2. The number of rotatable bonds is 5. The van der Waals surface area contributed by atoms with Crippen LogP contribution in [0.4, 0.5) is 5.69 Å². The number of anilines is 1. The molecule has 4 rings (SSSR count). The first kappa shape index (κ1) is 19.3. The van der Waals surface area contributed by atoms with E-state index in [9.17, 15) is 9.59 Å². The molecule has 2 atom stereocenters. The van der Waals surface area contributed by atoms with Crippen molar-refractivity contribution in [3.8, 4) is 11.5 Å². The highest BCUT2D eigenvalue weighted by Gasteiger charge is 2.41. The van der Waals surface area contributed by atoms with Crippen molar-refractivity contribution in [2.24, 2.45) is 5.92 Å². The van der Waals surface area contributed by atoms with Gasteiger partial charge in [-0.2, -0.15) is 0 Å². The molecule has 0 aromatic heterocycles. The minimum Gasteiger partial charge on any atom is -0.497 e. The van der Waals surface area contributed by atoms with Crippen LogP contribution in [-0.2, 0) is 9.59 Å². The van der Waals surface area contributed by atoms with E-state index in [-0.39, 0.29) is 30.2 Å². The summed E-state index contributed by atoms with van der Waals surface area (Å²) in [6, 6.07) is 15.4. The minimum absolute atomic E-state index is 0.0342. The van der Waals surface area contributed by atoms with Crippen molar-refractivity contribution >= 4 is 17.5 Å². The number of carbonyl (C=O) groups excluding carboxylic acids is 2. The summed E-state index contributed by atoms with van der Waals surface area (Å²) in [6.07, 6.45) is 2.15. The minimum atomic E-state index is -0.328. The van der Waals surface area contributed by atoms with Crippen LogP contribution in [0.5, 0.6) is 11.5 Å². The van der Waals surface area contributed by atoms with Crippen molar-refractivity contribution in [2.45, 2.75) is 25.3 Å². The van der Waals surface area contributed by atoms with Crippen LogP contribution in [0.2, 0.25) is 0 Å². The molecule has 0 saturated carbocycles. The van der Waals surface area contributed by atoms with Crippen LogP contribution >= 0.6 is 0 Å². The number of hydrogen-bond donors (Lipinski definition) is 0. The predicted octanol–water partition coefficient (Wildman–Crippen LogP) is 3.42. The lowest BCUT2D eigenvalue weighted by Gasteiger charge is -2.28. The molecule has 6 nitrogen and oxygen atoms in total. The van der Waals surface area contributed by atoms with Gasteiger partial charge in [-0.15, -0.1) is 0 Å². The zero-order valence-corrected chi connectivity index (χ0v) is 16.8. The first-order chi connectivity index (χ1) is 14.1. The fourth-order valence-electron chi connectivity index (χ4n) is 4.40. The molecule has 0 radical (unpaired) electrons. The smallest absolute Gasteiger partial charge is 0.228 e. The highest BCUT2D eigenvalue weighted by atomic mass is 16.5. The van der Waals surface area contributed by atoms with Crippen molar-refractivity contribution in [1.82, 2.24) is 4.90 Å². The van der Waals surface area contributed by atoms with Gasteiger partial charge in [-0.05, 0) is 42.7 Å². The summed E-state index contributed by atoms with van der Waals surface area (Å²) in [4.78, 5) is 29.6. The lowest BCUT2D eigenvalue weighted by Crippen LogP contribution is -2.37. The second-order valence-corrected chi connectivity index (χ2v) is 7.54. The van der Waals surface area contributed by atoms with E-state index in [0.29, 0.717) is 12.3 Å². The van der Waals surface area contributed by atoms with Crippen molar-refractivity contribution < 1.29 is 19.1 Å². The molecule has 2 unspecified atom stereocenters. The molecule has 2 saturated heterocycles. The molecule has 0 aliphatic carbocycles. The van der Waals surface area contributed by atoms with Gasteiger partial charge in [0.1, 0.15) is 11.5 Å². The Bertz CT molecular complexity index is 896. The number of para-hydroxylation sites is 2. The molecule has 2 aromatic rings. The first-order valence-electron chi connectivity index (χ1n) is 10.00. The van der Waals surface area contributed by atoms with E-state index < -0.39 is 0 Å². The normalized spacial score (nSPS) is 21.5. The average Bonchev–Trinajstić information content (AvgIpc) is 3.40. The summed E-state index contributed by atoms with van der Waals surface area (Å²) >= 11 is 0. The molecule has 2 aliphatic heterocycles. The maximum absolute atomic E-state index is 13.3. The lowest BCUT2D eigenvalue weighted by atomic mass is 10.0. The summed E-state index contributed by atoms with van der Waals surface area (Å²) in [5, 5.41) is 0. The standard InChI is InChI=1S/C23H26N2O4/c1-28-18-11-9-16(10-12-18)19-7-5-13-24(19)23(27)17-14-22(26)25(15-17)20-6-3-4-8-21(20)29-2/h3-4,6,8-12,17,19H,5,7,13-15H2,1-2H3. The number of carbonyl (C=O) groups is 2. The SMILES string of the molecule is COc1ccc(C2CCCN2C(=O)C2CC(=O)N(c3ccccc3OC)C2)cc1. The van der Waals surface area contributed by atoms with Gasteiger partial charge in [-0.25, -0.2) is 0 Å². The summed E-state index contributed by atoms with van der Waals surface area (Å²) < 4.78 is 10.6. The molecule has 152 valence electrons. The molecule has 2 amide bonds. The van der Waals surface area contributed by atoms with E-state index in [1.54, 1.807) is 19.1 Å². The monoisotopic (exact) mass is 394 g/mol. The maximum atomic E-state index is 13.3. The quantitative estimate of drug-likeness (QED) is 0.780. The molecule has 0 spiro atoms. The Labute approximate surface area is 171 Å². The molecule has 2 aliphatic rings. The van der Waals surface area contributed by atoms with Gasteiger partial charge in [-0.1, -0.05) is 24.3 Å². The van der Waals surface area contributed by atoms with Crippen molar-refractivity contribution in [1.29, 1.82) is 0 Å². The second-order valence-electron chi connectivity index (χ2n) is 7.54. The van der Waals surface area contributed by atoms with E-state index in [4.69, 9.17) is 9.47 Å². The molecule has 2 fully saturated rings. The summed E-state index contributed by atoms with van der Waals surface area (Å²) in [7, 11) is 3.23. The highest BCUT2D eigenvalue weighted by molar-refractivity contribution is 6.01. The van der Waals surface area contributed by atoms with Crippen LogP contribution < -0.4 is 14.4 Å². The third kappa shape index (κ3) is 3.67. The Kier molecular flexibility index (Phi) is 5.43. The number of likely N-dealkylation sites (tertiary alicyclic amines) is 1. The lowest BCUT2D eigenvalue weighted by molar-refractivity contribution is -0.136. The van der Waals surface area contributed by atoms with Gasteiger partial charge >= 0.3 is 0 Å². The van der Waals surface area contributed by atoms with E-state index in [1.807, 2.05) is 53.4 Å². The van der Waals surface area contributed by atoms with Crippen LogP contribution in [-0.4, -0.2) is 44.0 Å². The van der Waals surface area contributed by atoms with Gasteiger partial charge in [0, 0.05) is 19.5 Å². The van der Waals surface area contributed by atoms with Crippen LogP contribution in [0.15, 0.2) is 48.5 Å². The fraction of sp³-hybridized carbons (Fsp3) is 0.391. The molecular weight excluding hydrogens is 368 g/mol. The Morgan fingerprint density at radius 2 is 1.79 bits per heavy atom. The number of amides is 2. The fourth-order valence-corrected chi connectivity index (χ4v) is 4.40. The van der Waals surface area contributed by atoms with Gasteiger partial charge in [0.25, 0.3) is 0 Å². The molecule has 2 heterocycles. The van der Waals surface area contributed by atoms with Gasteiger partial charge in [-0.3, -0.25) is 9.59 Å². The van der Waals surface area contributed by atoms with E-state index in [0.717, 1.165) is 36.4 Å². The van der Waals surface area contributed by atoms with E-state index in [1.165, 1.54) is 0 Å². The number of ether oxygens (including phenoxy) is 2. The Morgan fingerprint density at radius 1 is 1.03 bits per heavy atom. The summed E-state index contributed by atoms with van der Waals surface area (Å²) in [5.41, 5.74) is 1.84. The largest absolute Gasteiger partial charge is 0.497 e. The molecule has 0 N–H and O–H groups in total. The third-order valence-corrected chi connectivity index (χ3v) is 5.89. The third-order valence-electron chi connectivity index (χ3n) is 5.89. The van der Waals surface area contributed by atoms with Crippen molar-refractivity contribution in [3.05, 3.63) is 54.1 Å². The first-order valence-corrected chi connectivity index (χ1v) is 10.00. The molecular formula is C23H26N2O4. The number of hydrogen-bond acceptors (Lipinski definition) is 4. The average molecular weight is 394 g/mol. The van der Waals surface area contributed by atoms with Gasteiger partial charge in [0.15, 0.2) is 0 Å². The Morgan fingerprint density at radius 3 is 2.52 bits per heavy atom. The topological polar surface area (TPSA) is 59.1 Å². The maximum Gasteiger partial charge on any atom is 0.228 e. The van der Waals surface area contributed by atoms with Crippen LogP contribution in [0, 0.1) is 5.92 Å². The second kappa shape index (κ2) is 8.15. The zero-order valence-electron chi connectivity index (χ0n) is 16.8. The molecule has 29 heavy (non-hydrogen) atoms. The van der Waals surface area contributed by atoms with Crippen LogP contribution in [0.25, 0.3) is 0 Å². The van der Waals surface area contributed by atoms with Gasteiger partial charge in [0.2, 0.25) is 11.8 Å². The zero-order chi connectivity index (χ0) is 20.4. The van der Waals surface area contributed by atoms with Gasteiger partial charge < -0.3 is 19.3 Å².